The van der Waals surface area contributed by atoms with Crippen molar-refractivity contribution in [3.8, 4) is 0 Å². The first-order valence-corrected chi connectivity index (χ1v) is 7.17. The molecule has 5 nitrogen and oxygen atoms in total. The standard InChI is InChI=1S/C10H12BrNO4P/c1-2-16-17(15)10(11)7-8-3-5-9(6-4-8)12(13)14/h3-6,10H,2,7H2,1H3/q+1. The number of halogens is 1. The highest BCUT2D eigenvalue weighted by molar-refractivity contribution is 9.10. The fourth-order valence-corrected chi connectivity index (χ4v) is 2.74. The summed E-state index contributed by atoms with van der Waals surface area (Å²) < 4.78 is 16.2. The number of nitro benzene ring substituents is 1. The first-order valence-electron chi connectivity index (χ1n) is 5.01. The number of non-ortho nitro benzene ring substituents is 1. The molecule has 2 atom stereocenters. The minimum absolute atomic E-state index is 0.0501. The van der Waals surface area contributed by atoms with E-state index in [4.69, 9.17) is 4.52 Å². The molecular formula is C10H12BrNO4P+. The predicted octanol–water partition coefficient (Wildman–Crippen LogP) is 3.64. The molecule has 0 saturated carbocycles. The first-order chi connectivity index (χ1) is 8.04. The number of hydrogen-bond acceptors (Lipinski definition) is 4. The van der Waals surface area contributed by atoms with E-state index in [9.17, 15) is 14.7 Å². The summed E-state index contributed by atoms with van der Waals surface area (Å²) in [6.07, 6.45) is 0.507. The number of hydrogen-bond donors (Lipinski definition) is 0. The Morgan fingerprint density at radius 2 is 2.06 bits per heavy atom. The third-order valence-corrected chi connectivity index (χ3v) is 4.52. The van der Waals surface area contributed by atoms with E-state index in [1.807, 2.05) is 0 Å². The van der Waals surface area contributed by atoms with Crippen LogP contribution in [0.2, 0.25) is 0 Å². The normalized spacial score (nSPS) is 13.2. The van der Waals surface area contributed by atoms with Crippen molar-refractivity contribution in [3.63, 3.8) is 0 Å². The van der Waals surface area contributed by atoms with Crippen molar-refractivity contribution in [2.24, 2.45) is 0 Å². The Bertz CT molecular complexity index is 409. The Labute approximate surface area is 108 Å². The average molecular weight is 321 g/mol. The van der Waals surface area contributed by atoms with Gasteiger partial charge in [0, 0.05) is 18.6 Å². The van der Waals surface area contributed by atoms with Crippen LogP contribution >= 0.6 is 24.0 Å². The topological polar surface area (TPSA) is 69.4 Å². The number of nitro groups is 1. The van der Waals surface area contributed by atoms with Gasteiger partial charge >= 0.3 is 8.03 Å². The van der Waals surface area contributed by atoms with Gasteiger partial charge in [0.2, 0.25) is 4.57 Å². The molecule has 0 aliphatic heterocycles. The summed E-state index contributed by atoms with van der Waals surface area (Å²) in [4.78, 5) is 10.0. The smallest absolute Gasteiger partial charge is 0.258 e. The molecule has 2 unspecified atom stereocenters. The molecule has 0 radical (unpaired) electrons. The zero-order chi connectivity index (χ0) is 12.8. The van der Waals surface area contributed by atoms with E-state index >= 15 is 0 Å². The van der Waals surface area contributed by atoms with Crippen LogP contribution in [0, 0.1) is 10.1 Å². The lowest BCUT2D eigenvalue weighted by atomic mass is 10.1. The van der Waals surface area contributed by atoms with Gasteiger partial charge in [0.05, 0.1) is 11.5 Å². The van der Waals surface area contributed by atoms with Crippen LogP contribution < -0.4 is 0 Å². The van der Waals surface area contributed by atoms with Crippen LogP contribution in [0.5, 0.6) is 0 Å². The zero-order valence-corrected chi connectivity index (χ0v) is 11.7. The average Bonchev–Trinajstić information content (AvgIpc) is 2.30. The van der Waals surface area contributed by atoms with Crippen molar-refractivity contribution < 1.29 is 14.0 Å². The molecule has 0 N–H and O–H groups in total. The maximum absolute atomic E-state index is 11.5. The fourth-order valence-electron chi connectivity index (χ4n) is 1.23. The summed E-state index contributed by atoms with van der Waals surface area (Å²) in [7, 11) is -1.75. The van der Waals surface area contributed by atoms with E-state index in [1.165, 1.54) is 12.1 Å². The van der Waals surface area contributed by atoms with E-state index in [1.54, 1.807) is 19.1 Å². The Hall–Kier alpha value is -0.840. The highest BCUT2D eigenvalue weighted by Crippen LogP contribution is 2.36. The van der Waals surface area contributed by atoms with Crippen molar-refractivity contribution in [1.29, 1.82) is 0 Å². The van der Waals surface area contributed by atoms with Gasteiger partial charge in [-0.05, 0) is 33.0 Å². The summed E-state index contributed by atoms with van der Waals surface area (Å²) in [5, 5.41) is 10.5. The first kappa shape index (κ1) is 14.2. The van der Waals surface area contributed by atoms with Gasteiger partial charge in [0.1, 0.15) is 0 Å². The van der Waals surface area contributed by atoms with E-state index in [2.05, 4.69) is 15.9 Å². The molecular weight excluding hydrogens is 309 g/mol. The molecule has 0 amide bonds. The Balaban J connectivity index is 2.63. The minimum Gasteiger partial charge on any atom is -0.258 e. The second kappa shape index (κ2) is 6.79. The third kappa shape index (κ3) is 4.50. The monoisotopic (exact) mass is 320 g/mol. The van der Waals surface area contributed by atoms with E-state index in [-0.39, 0.29) is 10.3 Å². The molecule has 0 aromatic heterocycles. The van der Waals surface area contributed by atoms with Crippen molar-refractivity contribution in [2.45, 2.75) is 17.9 Å². The van der Waals surface area contributed by atoms with Crippen LogP contribution in [-0.4, -0.2) is 16.1 Å². The number of benzene rings is 1. The predicted molar refractivity (Wildman–Crippen MR) is 68.7 cm³/mol. The van der Waals surface area contributed by atoms with Crippen LogP contribution in [0.15, 0.2) is 24.3 Å². The third-order valence-electron chi connectivity index (χ3n) is 2.04. The van der Waals surface area contributed by atoms with Crippen molar-refractivity contribution in [2.75, 3.05) is 6.61 Å². The zero-order valence-electron chi connectivity index (χ0n) is 9.21. The molecule has 92 valence electrons. The maximum Gasteiger partial charge on any atom is 0.523 e. The summed E-state index contributed by atoms with van der Waals surface area (Å²) >= 11 is 3.29. The van der Waals surface area contributed by atoms with Gasteiger partial charge in [0.15, 0.2) is 0 Å². The lowest BCUT2D eigenvalue weighted by molar-refractivity contribution is -0.384. The number of nitrogens with zero attached hydrogens (tertiary/aromatic N) is 1. The maximum atomic E-state index is 11.5. The summed E-state index contributed by atoms with van der Waals surface area (Å²) in [5.41, 5.74) is 0.926. The second-order valence-corrected chi connectivity index (χ2v) is 6.53. The molecule has 1 rings (SSSR count). The van der Waals surface area contributed by atoms with Crippen LogP contribution in [0.25, 0.3) is 0 Å². The van der Waals surface area contributed by atoms with Gasteiger partial charge in [-0.25, -0.2) is 0 Å². The molecule has 0 heterocycles. The molecule has 0 aliphatic carbocycles. The molecule has 17 heavy (non-hydrogen) atoms. The molecule has 0 bridgehead atoms. The van der Waals surface area contributed by atoms with Gasteiger partial charge in [-0.15, -0.1) is 4.52 Å². The van der Waals surface area contributed by atoms with Crippen LogP contribution in [-0.2, 0) is 15.5 Å². The van der Waals surface area contributed by atoms with Crippen LogP contribution in [0.3, 0.4) is 0 Å². The molecule has 1 aromatic rings. The highest BCUT2D eigenvalue weighted by atomic mass is 79.9. The van der Waals surface area contributed by atoms with Crippen molar-refractivity contribution in [3.05, 3.63) is 39.9 Å². The molecule has 0 spiro atoms. The van der Waals surface area contributed by atoms with Gasteiger partial charge in [-0.1, -0.05) is 12.1 Å². The highest BCUT2D eigenvalue weighted by Gasteiger charge is 2.29. The molecule has 1 aromatic carbocycles. The SMILES string of the molecule is CCO[P+](=O)C(Br)Cc1ccc([N+](=O)[O-])cc1. The fraction of sp³-hybridized carbons (Fsp3) is 0.400. The summed E-state index contributed by atoms with van der Waals surface area (Å²) in [5.74, 6) is 0. The lowest BCUT2D eigenvalue weighted by Gasteiger charge is -1.99. The Kier molecular flexibility index (Phi) is 5.68. The van der Waals surface area contributed by atoms with Crippen LogP contribution in [0.4, 0.5) is 5.69 Å². The van der Waals surface area contributed by atoms with E-state index in [0.29, 0.717) is 13.0 Å². The van der Waals surface area contributed by atoms with Gasteiger partial charge < -0.3 is 0 Å². The quantitative estimate of drug-likeness (QED) is 0.347. The minimum atomic E-state index is -1.75. The summed E-state index contributed by atoms with van der Waals surface area (Å²) in [6, 6.07) is 6.18. The van der Waals surface area contributed by atoms with E-state index in [0.717, 1.165) is 5.56 Å². The van der Waals surface area contributed by atoms with Crippen LogP contribution in [0.1, 0.15) is 12.5 Å². The number of alkyl halides is 1. The van der Waals surface area contributed by atoms with Crippen molar-refractivity contribution in [1.82, 2.24) is 0 Å². The largest absolute Gasteiger partial charge is 0.523 e. The lowest BCUT2D eigenvalue weighted by Crippen LogP contribution is -1.99. The second-order valence-electron chi connectivity index (χ2n) is 3.27. The van der Waals surface area contributed by atoms with Gasteiger partial charge in [-0.2, -0.15) is 0 Å². The summed E-state index contributed by atoms with van der Waals surface area (Å²) in [6.45, 7) is 2.18. The molecule has 0 aliphatic rings. The molecule has 0 saturated heterocycles. The van der Waals surface area contributed by atoms with Gasteiger partial charge in [-0.3, -0.25) is 10.1 Å². The molecule has 0 fully saturated rings. The van der Waals surface area contributed by atoms with Crippen molar-refractivity contribution >= 4 is 29.6 Å². The Morgan fingerprint density at radius 1 is 1.47 bits per heavy atom. The number of rotatable bonds is 6. The molecule has 7 heteroatoms. The van der Waals surface area contributed by atoms with Gasteiger partial charge in [0.25, 0.3) is 5.69 Å². The van der Waals surface area contributed by atoms with E-state index < -0.39 is 13.0 Å². The Morgan fingerprint density at radius 3 is 2.53 bits per heavy atom.